The molecule has 0 aliphatic rings. The van der Waals surface area contributed by atoms with Crippen LogP contribution in [0.4, 0.5) is 4.39 Å². The van der Waals surface area contributed by atoms with Crippen molar-refractivity contribution in [3.8, 4) is 5.88 Å². The fourth-order valence-corrected chi connectivity index (χ4v) is 1.73. The van der Waals surface area contributed by atoms with Crippen molar-refractivity contribution in [3.05, 3.63) is 59.0 Å². The number of hydrogen-bond donors (Lipinski definition) is 1. The zero-order valence-corrected chi connectivity index (χ0v) is 11.3. The number of nitrogens with zero attached hydrogens (tertiary/aromatic N) is 1. The molecule has 0 aliphatic heterocycles. The third-order valence-electron chi connectivity index (χ3n) is 2.83. The number of aromatic nitrogens is 1. The first-order valence-electron chi connectivity index (χ1n) is 6.13. The Kier molecular flexibility index (Phi) is 4.30. The van der Waals surface area contributed by atoms with Crippen molar-refractivity contribution < 1.29 is 13.9 Å². The smallest absolute Gasteiger partial charge is 0.254 e. The van der Waals surface area contributed by atoms with Gasteiger partial charge in [0.25, 0.3) is 5.91 Å². The number of hydrogen-bond acceptors (Lipinski definition) is 3. The van der Waals surface area contributed by atoms with E-state index >= 15 is 0 Å². The highest BCUT2D eigenvalue weighted by atomic mass is 19.1. The Morgan fingerprint density at radius 1 is 1.35 bits per heavy atom. The highest BCUT2D eigenvalue weighted by Crippen LogP contribution is 2.11. The zero-order chi connectivity index (χ0) is 14.5. The summed E-state index contributed by atoms with van der Waals surface area (Å²) in [7, 11) is 1.53. The summed E-state index contributed by atoms with van der Waals surface area (Å²) in [4.78, 5) is 15.9. The Balaban J connectivity index is 2.02. The van der Waals surface area contributed by atoms with Crippen molar-refractivity contribution in [2.45, 2.75) is 13.5 Å². The van der Waals surface area contributed by atoms with Gasteiger partial charge in [0.05, 0.1) is 12.7 Å². The van der Waals surface area contributed by atoms with E-state index in [1.165, 1.54) is 19.2 Å². The number of aryl methyl sites for hydroxylation is 1. The first kappa shape index (κ1) is 14.0. The molecule has 0 spiro atoms. The molecule has 4 nitrogen and oxygen atoms in total. The largest absolute Gasteiger partial charge is 0.481 e. The molecule has 0 aliphatic carbocycles. The van der Waals surface area contributed by atoms with E-state index in [2.05, 4.69) is 10.3 Å². The molecule has 20 heavy (non-hydrogen) atoms. The summed E-state index contributed by atoms with van der Waals surface area (Å²) >= 11 is 0. The van der Waals surface area contributed by atoms with Crippen LogP contribution in [0.5, 0.6) is 5.88 Å². The summed E-state index contributed by atoms with van der Waals surface area (Å²) in [5.41, 5.74) is 1.70. The number of pyridine rings is 1. The number of benzene rings is 1. The number of nitrogens with one attached hydrogen (secondary N) is 1. The minimum absolute atomic E-state index is 0.0477. The summed E-state index contributed by atoms with van der Waals surface area (Å²) in [6.07, 6.45) is 1.60. The highest BCUT2D eigenvalue weighted by molar-refractivity contribution is 5.94. The van der Waals surface area contributed by atoms with Gasteiger partial charge in [-0.3, -0.25) is 4.79 Å². The first-order chi connectivity index (χ1) is 9.60. The van der Waals surface area contributed by atoms with Gasteiger partial charge in [-0.1, -0.05) is 17.7 Å². The molecule has 0 fully saturated rings. The van der Waals surface area contributed by atoms with Crippen LogP contribution in [0.25, 0.3) is 0 Å². The molecule has 0 atom stereocenters. The Bertz CT molecular complexity index is 612. The van der Waals surface area contributed by atoms with Gasteiger partial charge in [0.15, 0.2) is 0 Å². The van der Waals surface area contributed by atoms with Crippen LogP contribution in [0.2, 0.25) is 0 Å². The lowest BCUT2D eigenvalue weighted by Crippen LogP contribution is -2.24. The van der Waals surface area contributed by atoms with Crippen LogP contribution >= 0.6 is 0 Å². The number of carbonyl (C=O) groups excluding carboxylic acids is 1. The molecule has 2 aromatic rings. The van der Waals surface area contributed by atoms with E-state index < -0.39 is 11.7 Å². The topological polar surface area (TPSA) is 51.2 Å². The molecule has 1 N–H and O–H groups in total. The molecule has 0 radical (unpaired) electrons. The lowest BCUT2D eigenvalue weighted by atomic mass is 10.1. The van der Waals surface area contributed by atoms with Gasteiger partial charge in [-0.15, -0.1) is 0 Å². The van der Waals surface area contributed by atoms with Gasteiger partial charge in [0, 0.05) is 18.8 Å². The number of rotatable bonds is 4. The van der Waals surface area contributed by atoms with Gasteiger partial charge < -0.3 is 10.1 Å². The van der Waals surface area contributed by atoms with Crippen molar-refractivity contribution in [1.82, 2.24) is 10.3 Å². The van der Waals surface area contributed by atoms with E-state index in [0.717, 1.165) is 11.1 Å². The van der Waals surface area contributed by atoms with Gasteiger partial charge in [0.1, 0.15) is 5.82 Å². The summed E-state index contributed by atoms with van der Waals surface area (Å²) in [5.74, 6) is -0.465. The minimum atomic E-state index is -0.527. The molecule has 0 unspecified atom stereocenters. The number of halogens is 1. The fraction of sp³-hybridized carbons (Fsp3) is 0.200. The maximum absolute atomic E-state index is 13.6. The van der Waals surface area contributed by atoms with Crippen LogP contribution in [0.1, 0.15) is 21.5 Å². The van der Waals surface area contributed by atoms with E-state index in [9.17, 15) is 9.18 Å². The van der Waals surface area contributed by atoms with Crippen LogP contribution in [-0.2, 0) is 6.54 Å². The zero-order valence-electron chi connectivity index (χ0n) is 11.3. The molecule has 104 valence electrons. The summed E-state index contributed by atoms with van der Waals surface area (Å²) in [6.45, 7) is 2.09. The van der Waals surface area contributed by atoms with Crippen molar-refractivity contribution in [2.75, 3.05) is 7.11 Å². The van der Waals surface area contributed by atoms with E-state index in [-0.39, 0.29) is 12.1 Å². The monoisotopic (exact) mass is 274 g/mol. The molecule has 0 saturated heterocycles. The maximum atomic E-state index is 13.6. The van der Waals surface area contributed by atoms with E-state index in [1.807, 2.05) is 6.92 Å². The second kappa shape index (κ2) is 6.14. The van der Waals surface area contributed by atoms with Gasteiger partial charge in [0.2, 0.25) is 5.88 Å². The van der Waals surface area contributed by atoms with E-state index in [4.69, 9.17) is 4.74 Å². The molecule has 0 bridgehead atoms. The molecular weight excluding hydrogens is 259 g/mol. The van der Waals surface area contributed by atoms with Crippen LogP contribution in [-0.4, -0.2) is 18.0 Å². The lowest BCUT2D eigenvalue weighted by Gasteiger charge is -2.07. The number of amides is 1. The quantitative estimate of drug-likeness (QED) is 0.931. The third-order valence-corrected chi connectivity index (χ3v) is 2.83. The molecule has 1 amide bonds. The van der Waals surface area contributed by atoms with Crippen LogP contribution in [0.15, 0.2) is 36.5 Å². The Hall–Kier alpha value is -2.43. The Morgan fingerprint density at radius 3 is 2.80 bits per heavy atom. The molecule has 2 rings (SSSR count). The Morgan fingerprint density at radius 2 is 2.15 bits per heavy atom. The first-order valence-corrected chi connectivity index (χ1v) is 6.13. The van der Waals surface area contributed by atoms with Gasteiger partial charge in [-0.2, -0.15) is 0 Å². The predicted octanol–water partition coefficient (Wildman–Crippen LogP) is 2.47. The third kappa shape index (κ3) is 3.32. The molecule has 0 saturated carbocycles. The van der Waals surface area contributed by atoms with E-state index in [1.54, 1.807) is 24.4 Å². The second-order valence-electron chi connectivity index (χ2n) is 4.37. The van der Waals surface area contributed by atoms with Crippen molar-refractivity contribution in [2.24, 2.45) is 0 Å². The number of ether oxygens (including phenoxy) is 1. The van der Waals surface area contributed by atoms with Crippen LogP contribution < -0.4 is 10.1 Å². The summed E-state index contributed by atoms with van der Waals surface area (Å²) in [6, 6.07) is 7.93. The predicted molar refractivity (Wildman–Crippen MR) is 73.1 cm³/mol. The second-order valence-corrected chi connectivity index (χ2v) is 4.37. The summed E-state index contributed by atoms with van der Waals surface area (Å²) < 4.78 is 18.5. The van der Waals surface area contributed by atoms with Crippen LogP contribution in [0.3, 0.4) is 0 Å². The van der Waals surface area contributed by atoms with Gasteiger partial charge in [-0.25, -0.2) is 9.37 Å². The molecule has 1 aromatic heterocycles. The minimum Gasteiger partial charge on any atom is -0.481 e. The number of methoxy groups -OCH3 is 1. The standard InChI is InChI=1S/C15H15FN2O2/c1-10-3-5-13(16)12(7-10)15(19)18-9-11-4-6-14(20-2)17-8-11/h3-8H,9H2,1-2H3,(H,18,19). The van der Waals surface area contributed by atoms with Crippen molar-refractivity contribution in [1.29, 1.82) is 0 Å². The average Bonchev–Trinajstić information content (AvgIpc) is 2.47. The lowest BCUT2D eigenvalue weighted by molar-refractivity contribution is 0.0946. The highest BCUT2D eigenvalue weighted by Gasteiger charge is 2.11. The molecule has 1 heterocycles. The van der Waals surface area contributed by atoms with Crippen LogP contribution in [0, 0.1) is 12.7 Å². The summed E-state index contributed by atoms with van der Waals surface area (Å²) in [5, 5.41) is 2.66. The average molecular weight is 274 g/mol. The fourth-order valence-electron chi connectivity index (χ4n) is 1.73. The maximum Gasteiger partial charge on any atom is 0.254 e. The van der Waals surface area contributed by atoms with Gasteiger partial charge in [-0.05, 0) is 24.6 Å². The molecular formula is C15H15FN2O2. The molecule has 5 heteroatoms. The van der Waals surface area contributed by atoms with Crippen molar-refractivity contribution >= 4 is 5.91 Å². The number of carbonyl (C=O) groups is 1. The SMILES string of the molecule is COc1ccc(CNC(=O)c2cc(C)ccc2F)cn1. The normalized spacial score (nSPS) is 10.2. The van der Waals surface area contributed by atoms with Crippen molar-refractivity contribution in [3.63, 3.8) is 0 Å². The Labute approximate surface area is 116 Å². The van der Waals surface area contributed by atoms with Gasteiger partial charge >= 0.3 is 0 Å². The van der Waals surface area contributed by atoms with E-state index in [0.29, 0.717) is 5.88 Å². The molecule has 1 aromatic carbocycles.